The normalized spacial score (nSPS) is 10.3. The smallest absolute Gasteiger partial charge is 0.238 e. The number of hydrogen-bond donors (Lipinski definition) is 2. The molecule has 6 heteroatoms. The molecule has 0 saturated carbocycles. The Labute approximate surface area is 127 Å². The Morgan fingerprint density at radius 2 is 1.82 bits per heavy atom. The summed E-state index contributed by atoms with van der Waals surface area (Å²) in [6.07, 6.45) is 0. The molecule has 2 aromatic rings. The van der Waals surface area contributed by atoms with Gasteiger partial charge < -0.3 is 15.4 Å². The van der Waals surface area contributed by atoms with Gasteiger partial charge in [0, 0.05) is 18.3 Å². The monoisotopic (exact) mass is 306 g/mol. The maximum Gasteiger partial charge on any atom is 0.238 e. The average Bonchev–Trinajstić information content (AvgIpc) is 2.51. The van der Waals surface area contributed by atoms with E-state index in [1.807, 2.05) is 24.3 Å². The zero-order valence-electron chi connectivity index (χ0n) is 12.0. The highest BCUT2D eigenvalue weighted by atomic mass is 19.2. The van der Waals surface area contributed by atoms with Crippen LogP contribution < -0.4 is 15.4 Å². The molecular formula is C16H16F2N2O2. The van der Waals surface area contributed by atoms with Gasteiger partial charge in [0.25, 0.3) is 0 Å². The van der Waals surface area contributed by atoms with Crippen molar-refractivity contribution < 1.29 is 18.3 Å². The third-order valence-corrected chi connectivity index (χ3v) is 2.98. The first-order valence-electron chi connectivity index (χ1n) is 6.67. The molecule has 0 atom stereocenters. The number of hydrogen-bond acceptors (Lipinski definition) is 3. The number of nitrogens with one attached hydrogen (secondary N) is 2. The number of anilines is 1. The second-order valence-corrected chi connectivity index (χ2v) is 4.63. The quantitative estimate of drug-likeness (QED) is 0.863. The molecule has 2 aromatic carbocycles. The molecule has 116 valence electrons. The van der Waals surface area contributed by atoms with E-state index < -0.39 is 11.6 Å². The minimum absolute atomic E-state index is 0.0605. The summed E-state index contributed by atoms with van der Waals surface area (Å²) in [4.78, 5) is 11.7. The van der Waals surface area contributed by atoms with Gasteiger partial charge in [-0.1, -0.05) is 12.1 Å². The van der Waals surface area contributed by atoms with Crippen molar-refractivity contribution in [3.05, 3.63) is 59.7 Å². The van der Waals surface area contributed by atoms with Crippen LogP contribution in [0, 0.1) is 11.6 Å². The fourth-order valence-electron chi connectivity index (χ4n) is 1.84. The lowest BCUT2D eigenvalue weighted by atomic mass is 10.2. The fourth-order valence-corrected chi connectivity index (χ4v) is 1.84. The van der Waals surface area contributed by atoms with Gasteiger partial charge in [0.15, 0.2) is 11.6 Å². The van der Waals surface area contributed by atoms with Gasteiger partial charge in [0.2, 0.25) is 5.91 Å². The van der Waals surface area contributed by atoms with Crippen LogP contribution in [0.3, 0.4) is 0 Å². The molecule has 0 fully saturated rings. The zero-order chi connectivity index (χ0) is 15.9. The first-order chi connectivity index (χ1) is 10.6. The molecule has 22 heavy (non-hydrogen) atoms. The minimum atomic E-state index is -0.996. The topological polar surface area (TPSA) is 50.4 Å². The van der Waals surface area contributed by atoms with E-state index in [2.05, 4.69) is 10.6 Å². The predicted molar refractivity (Wildman–Crippen MR) is 79.7 cm³/mol. The summed E-state index contributed by atoms with van der Waals surface area (Å²) < 4.78 is 30.8. The van der Waals surface area contributed by atoms with Crippen LogP contribution in [-0.4, -0.2) is 19.6 Å². The molecule has 2 rings (SSSR count). The summed E-state index contributed by atoms with van der Waals surface area (Å²) in [5.41, 5.74) is 1.22. The Hall–Kier alpha value is -2.47. The Kier molecular flexibility index (Phi) is 5.43. The van der Waals surface area contributed by atoms with E-state index in [-0.39, 0.29) is 18.1 Å². The lowest BCUT2D eigenvalue weighted by Crippen LogP contribution is -2.27. The Morgan fingerprint density at radius 3 is 2.45 bits per heavy atom. The highest BCUT2D eigenvalue weighted by molar-refractivity contribution is 5.92. The second kappa shape index (κ2) is 7.51. The van der Waals surface area contributed by atoms with E-state index in [9.17, 15) is 13.6 Å². The molecule has 1 amide bonds. The van der Waals surface area contributed by atoms with Crippen LogP contribution in [0.25, 0.3) is 0 Å². The van der Waals surface area contributed by atoms with Gasteiger partial charge in [-0.05, 0) is 29.8 Å². The summed E-state index contributed by atoms with van der Waals surface area (Å²) in [6, 6.07) is 10.7. The molecule has 4 nitrogen and oxygen atoms in total. The molecule has 0 saturated heterocycles. The van der Waals surface area contributed by atoms with Gasteiger partial charge in [-0.25, -0.2) is 8.78 Å². The van der Waals surface area contributed by atoms with E-state index in [1.54, 1.807) is 7.11 Å². The first kappa shape index (κ1) is 15.9. The van der Waals surface area contributed by atoms with Crippen molar-refractivity contribution in [1.82, 2.24) is 5.32 Å². The van der Waals surface area contributed by atoms with Crippen LogP contribution in [0.4, 0.5) is 14.5 Å². The van der Waals surface area contributed by atoms with Crippen molar-refractivity contribution >= 4 is 11.6 Å². The van der Waals surface area contributed by atoms with Crippen LogP contribution in [0.5, 0.6) is 5.75 Å². The molecule has 0 bridgehead atoms. The number of methoxy groups -OCH3 is 1. The Balaban J connectivity index is 1.78. The summed E-state index contributed by atoms with van der Waals surface area (Å²) in [7, 11) is 1.59. The summed E-state index contributed by atoms with van der Waals surface area (Å²) in [5.74, 6) is -1.51. The van der Waals surface area contributed by atoms with Gasteiger partial charge in [-0.15, -0.1) is 0 Å². The van der Waals surface area contributed by atoms with Crippen molar-refractivity contribution in [2.75, 3.05) is 19.0 Å². The number of ether oxygens (including phenoxy) is 1. The molecule has 0 aliphatic rings. The van der Waals surface area contributed by atoms with E-state index in [0.29, 0.717) is 6.54 Å². The van der Waals surface area contributed by atoms with Gasteiger partial charge >= 0.3 is 0 Å². The van der Waals surface area contributed by atoms with Gasteiger partial charge in [-0.3, -0.25) is 4.79 Å². The lowest BCUT2D eigenvalue weighted by Gasteiger charge is -2.08. The number of carbonyl (C=O) groups is 1. The minimum Gasteiger partial charge on any atom is -0.497 e. The molecule has 0 spiro atoms. The van der Waals surface area contributed by atoms with Crippen LogP contribution in [-0.2, 0) is 11.3 Å². The van der Waals surface area contributed by atoms with Crippen LogP contribution in [0.2, 0.25) is 0 Å². The zero-order valence-corrected chi connectivity index (χ0v) is 12.0. The average molecular weight is 306 g/mol. The second-order valence-electron chi connectivity index (χ2n) is 4.63. The maximum absolute atomic E-state index is 13.0. The molecule has 0 unspecified atom stereocenters. The third kappa shape index (κ3) is 4.53. The molecule has 0 heterocycles. The summed E-state index contributed by atoms with van der Waals surface area (Å²) >= 11 is 0. The molecule has 0 aliphatic heterocycles. The summed E-state index contributed by atoms with van der Waals surface area (Å²) in [6.45, 7) is 0.570. The summed E-state index contributed by atoms with van der Waals surface area (Å²) in [5, 5.41) is 5.45. The number of halogens is 2. The van der Waals surface area contributed by atoms with Gasteiger partial charge in [0.1, 0.15) is 5.75 Å². The van der Waals surface area contributed by atoms with Gasteiger partial charge in [0.05, 0.1) is 13.7 Å². The Morgan fingerprint density at radius 1 is 1.09 bits per heavy atom. The maximum atomic E-state index is 13.0. The van der Waals surface area contributed by atoms with Crippen molar-refractivity contribution in [3.63, 3.8) is 0 Å². The molecule has 2 N–H and O–H groups in total. The predicted octanol–water partition coefficient (Wildman–Crippen LogP) is 2.70. The van der Waals surface area contributed by atoms with Gasteiger partial charge in [-0.2, -0.15) is 0 Å². The highest BCUT2D eigenvalue weighted by Crippen LogP contribution is 2.13. The largest absolute Gasteiger partial charge is 0.497 e. The van der Waals surface area contributed by atoms with E-state index in [0.717, 1.165) is 23.4 Å². The lowest BCUT2D eigenvalue weighted by molar-refractivity contribution is -0.115. The SMILES string of the molecule is COc1ccc(CNCC(=O)Nc2ccc(F)c(F)c2)cc1. The number of rotatable bonds is 6. The van der Waals surface area contributed by atoms with E-state index in [1.165, 1.54) is 6.07 Å². The molecule has 0 aliphatic carbocycles. The molecular weight excluding hydrogens is 290 g/mol. The standard InChI is InChI=1S/C16H16F2N2O2/c1-22-13-5-2-11(3-6-13)9-19-10-16(21)20-12-4-7-14(17)15(18)8-12/h2-8,19H,9-10H2,1H3,(H,20,21). The Bertz CT molecular complexity index is 645. The third-order valence-electron chi connectivity index (χ3n) is 2.98. The highest BCUT2D eigenvalue weighted by Gasteiger charge is 2.06. The van der Waals surface area contributed by atoms with Crippen molar-refractivity contribution in [1.29, 1.82) is 0 Å². The molecule has 0 radical (unpaired) electrons. The number of amides is 1. The van der Waals surface area contributed by atoms with Crippen LogP contribution >= 0.6 is 0 Å². The van der Waals surface area contributed by atoms with E-state index >= 15 is 0 Å². The number of carbonyl (C=O) groups excluding carboxylic acids is 1. The van der Waals surface area contributed by atoms with Crippen molar-refractivity contribution in [2.45, 2.75) is 6.54 Å². The van der Waals surface area contributed by atoms with Crippen molar-refractivity contribution in [2.24, 2.45) is 0 Å². The van der Waals surface area contributed by atoms with E-state index in [4.69, 9.17) is 4.74 Å². The van der Waals surface area contributed by atoms with Crippen molar-refractivity contribution in [3.8, 4) is 5.75 Å². The van der Waals surface area contributed by atoms with Crippen LogP contribution in [0.15, 0.2) is 42.5 Å². The first-order valence-corrected chi connectivity index (χ1v) is 6.67. The van der Waals surface area contributed by atoms with Crippen LogP contribution in [0.1, 0.15) is 5.56 Å². The fraction of sp³-hybridized carbons (Fsp3) is 0.188. The molecule has 0 aromatic heterocycles. The number of benzene rings is 2.